The topological polar surface area (TPSA) is 12.5 Å². The number of alkyl halides is 6. The maximum Gasteiger partial charge on any atom is 0.258 e. The molecule has 30 heavy (non-hydrogen) atoms. The van der Waals surface area contributed by atoms with Gasteiger partial charge in [-0.25, -0.2) is 4.31 Å². The summed E-state index contributed by atoms with van der Waals surface area (Å²) in [6, 6.07) is 15.2. The standard InChI is InChI=1S/C20H16ClI6NOS/c21-30-28(19(22,23)24)12-4-8-16-15-7-2-1-5-13(15)10-11-14-6-3-9-17(18(14)16)29-20(25,26)27/h1-3,5-9H,4,10-12H2/b16-8+. The fraction of sp³-hybridized carbons (Fsp3) is 0.300. The Morgan fingerprint density at radius 1 is 0.967 bits per heavy atom. The summed E-state index contributed by atoms with van der Waals surface area (Å²) in [6.07, 6.45) is 5.31. The number of halogens is 7. The molecule has 0 aromatic heterocycles. The molecular formula is C20H16ClI6NOS. The van der Waals surface area contributed by atoms with E-state index < -0.39 is 0 Å². The normalized spacial score (nSPS) is 15.7. The molecular weight excluding hydrogens is 1100 g/mol. The molecule has 3 rings (SSSR count). The van der Waals surface area contributed by atoms with Gasteiger partial charge in [-0.3, -0.25) is 0 Å². The van der Waals surface area contributed by atoms with Crippen molar-refractivity contribution < 1.29 is 4.74 Å². The summed E-state index contributed by atoms with van der Waals surface area (Å²) < 4.78 is 8.16. The van der Waals surface area contributed by atoms with Gasteiger partial charge in [0.25, 0.3) is -0.379 Å². The Morgan fingerprint density at radius 3 is 2.30 bits per heavy atom. The number of rotatable bonds is 7. The number of hydrogen-bond acceptors (Lipinski definition) is 3. The lowest BCUT2D eigenvalue weighted by Crippen LogP contribution is -2.26. The number of aryl methyl sites for hydroxylation is 2. The molecule has 1 aliphatic rings. The van der Waals surface area contributed by atoms with Crippen LogP contribution in [-0.4, -0.2) is 10.0 Å². The molecule has 0 fully saturated rings. The summed E-state index contributed by atoms with van der Waals surface area (Å²) in [7, 11) is 6.14. The Hall–Kier alpha value is 2.96. The zero-order chi connectivity index (χ0) is 21.9. The molecule has 0 heterocycles. The molecule has 0 N–H and O–H groups in total. The zero-order valence-corrected chi connectivity index (χ0v) is 29.9. The minimum absolute atomic E-state index is 0.0744. The van der Waals surface area contributed by atoms with E-state index >= 15 is 0 Å². The van der Waals surface area contributed by atoms with E-state index in [0.717, 1.165) is 31.6 Å². The van der Waals surface area contributed by atoms with Crippen LogP contribution in [0.2, 0.25) is 0 Å². The second kappa shape index (κ2) is 12.3. The molecule has 0 atom stereocenters. The van der Waals surface area contributed by atoms with Crippen LogP contribution in [0.15, 0.2) is 48.5 Å². The molecule has 2 aromatic rings. The van der Waals surface area contributed by atoms with Gasteiger partial charge in [-0.05, 0) is 194 Å². The highest BCUT2D eigenvalue weighted by atomic mass is 127. The average molecular weight is 1120 g/mol. The van der Waals surface area contributed by atoms with E-state index in [1.54, 1.807) is 0 Å². The summed E-state index contributed by atoms with van der Waals surface area (Å²) in [5.74, 6) is 0.947. The van der Waals surface area contributed by atoms with Crippen LogP contribution < -0.4 is 4.74 Å². The van der Waals surface area contributed by atoms with Crippen molar-refractivity contribution in [2.75, 3.05) is 6.54 Å². The summed E-state index contributed by atoms with van der Waals surface area (Å²) in [6.45, 7) is 0.863. The second-order valence-electron chi connectivity index (χ2n) is 6.54. The predicted molar refractivity (Wildman–Crippen MR) is 182 cm³/mol. The maximum atomic E-state index is 6.38. The van der Waals surface area contributed by atoms with Crippen LogP contribution in [-0.2, 0) is 12.8 Å². The number of hydrogen-bond donors (Lipinski definition) is 0. The molecule has 0 saturated carbocycles. The molecule has 2 nitrogen and oxygen atoms in total. The van der Waals surface area contributed by atoms with Crippen molar-refractivity contribution in [2.24, 2.45) is 0 Å². The first-order valence-electron chi connectivity index (χ1n) is 8.89. The average Bonchev–Trinajstić information content (AvgIpc) is 2.81. The van der Waals surface area contributed by atoms with Gasteiger partial charge in [-0.15, -0.1) is 0 Å². The van der Waals surface area contributed by atoms with Gasteiger partial charge in [-0.1, -0.05) is 42.5 Å². The smallest absolute Gasteiger partial charge is 0.258 e. The first kappa shape index (κ1) is 27.5. The Morgan fingerprint density at radius 2 is 1.63 bits per heavy atom. The van der Waals surface area contributed by atoms with Crippen LogP contribution >= 0.6 is 157 Å². The highest BCUT2D eigenvalue weighted by Gasteiger charge is 2.28. The van der Waals surface area contributed by atoms with Crippen molar-refractivity contribution >= 4 is 163 Å². The quantitative estimate of drug-likeness (QED) is 0.119. The van der Waals surface area contributed by atoms with Crippen LogP contribution in [0.1, 0.15) is 28.7 Å². The summed E-state index contributed by atoms with van der Waals surface area (Å²) >= 11 is 15.5. The summed E-state index contributed by atoms with van der Waals surface area (Å²) in [4.78, 5) is 0. The van der Waals surface area contributed by atoms with Crippen molar-refractivity contribution in [3.05, 3.63) is 70.8 Å². The molecule has 2 aromatic carbocycles. The van der Waals surface area contributed by atoms with Crippen LogP contribution in [0, 0.1) is 0 Å². The molecule has 162 valence electrons. The monoisotopic (exact) mass is 1110 g/mol. The van der Waals surface area contributed by atoms with Crippen LogP contribution in [0.4, 0.5) is 0 Å². The lowest BCUT2D eigenvalue weighted by atomic mass is 9.92. The van der Waals surface area contributed by atoms with Crippen molar-refractivity contribution in [3.8, 4) is 5.75 Å². The van der Waals surface area contributed by atoms with Crippen molar-refractivity contribution in [1.82, 2.24) is 4.31 Å². The van der Waals surface area contributed by atoms with Gasteiger partial charge in [0.15, 0.2) is -0.441 Å². The van der Waals surface area contributed by atoms with Gasteiger partial charge in [0.05, 0.1) is 0 Å². The van der Waals surface area contributed by atoms with E-state index in [0.29, 0.717) is 0 Å². The molecule has 0 amide bonds. The number of benzene rings is 2. The molecule has 0 radical (unpaired) electrons. The maximum absolute atomic E-state index is 6.38. The third-order valence-corrected chi connectivity index (χ3v) is 9.14. The van der Waals surface area contributed by atoms with E-state index in [2.05, 4.69) is 188 Å². The first-order valence-corrected chi connectivity index (χ1v) is 17.0. The zero-order valence-electron chi connectivity index (χ0n) is 15.4. The Bertz CT molecular complexity index is 928. The van der Waals surface area contributed by atoms with E-state index in [1.165, 1.54) is 39.0 Å². The van der Waals surface area contributed by atoms with Crippen molar-refractivity contribution in [2.45, 2.75) is 18.4 Å². The van der Waals surface area contributed by atoms with Gasteiger partial charge < -0.3 is 4.74 Å². The molecule has 10 heteroatoms. The first-order chi connectivity index (χ1) is 14.1. The van der Waals surface area contributed by atoms with Crippen LogP contribution in [0.3, 0.4) is 0 Å². The minimum atomic E-state index is -0.339. The summed E-state index contributed by atoms with van der Waals surface area (Å²) in [5, 5.41) is 0. The van der Waals surface area contributed by atoms with Gasteiger partial charge in [0.1, 0.15) is 5.75 Å². The number of nitrogens with zero attached hydrogens (tertiary/aromatic N) is 1. The van der Waals surface area contributed by atoms with Crippen LogP contribution in [0.25, 0.3) is 5.57 Å². The number of fused-ring (bicyclic) bond motifs is 2. The third-order valence-electron chi connectivity index (χ3n) is 4.63. The SMILES string of the molecule is ClSN(CC/C=C1\c2ccccc2CCc2cccc(OC(I)(I)I)c21)C(I)(I)I. The van der Waals surface area contributed by atoms with E-state index in [9.17, 15) is 0 Å². The minimum Gasteiger partial charge on any atom is -0.458 e. The largest absolute Gasteiger partial charge is 0.458 e. The van der Waals surface area contributed by atoms with Gasteiger partial charge in [0, 0.05) is 23.3 Å². The fourth-order valence-corrected chi connectivity index (χ4v) is 7.58. The van der Waals surface area contributed by atoms with Gasteiger partial charge in [0.2, 0.25) is 0 Å². The molecule has 0 aliphatic heterocycles. The predicted octanol–water partition coefficient (Wildman–Crippen LogP) is 9.92. The summed E-state index contributed by atoms with van der Waals surface area (Å²) in [5.41, 5.74) is 6.54. The van der Waals surface area contributed by atoms with E-state index in [4.69, 9.17) is 15.4 Å². The highest BCUT2D eigenvalue weighted by Crippen LogP contribution is 2.46. The fourth-order valence-electron chi connectivity index (χ4n) is 3.44. The molecule has 0 spiro atoms. The van der Waals surface area contributed by atoms with Crippen molar-refractivity contribution in [3.63, 3.8) is 0 Å². The van der Waals surface area contributed by atoms with Crippen LogP contribution in [0.5, 0.6) is 5.75 Å². The van der Waals surface area contributed by atoms with E-state index in [-0.39, 0.29) is -0.820 Å². The number of ether oxygens (including phenoxy) is 1. The van der Waals surface area contributed by atoms with E-state index in [1.807, 2.05) is 0 Å². The molecule has 0 unspecified atom stereocenters. The third kappa shape index (κ3) is 7.73. The molecule has 1 aliphatic carbocycles. The lowest BCUT2D eigenvalue weighted by molar-refractivity contribution is 0.377. The lowest BCUT2D eigenvalue weighted by Gasteiger charge is -2.26. The van der Waals surface area contributed by atoms with Crippen molar-refractivity contribution in [1.29, 1.82) is 0 Å². The second-order valence-corrected chi connectivity index (χ2v) is 29.2. The van der Waals surface area contributed by atoms with Gasteiger partial charge in [-0.2, -0.15) is 0 Å². The molecule has 0 saturated heterocycles. The Labute approximate surface area is 268 Å². The molecule has 0 bridgehead atoms. The Kier molecular flexibility index (Phi) is 11.3. The Balaban J connectivity index is 2.07. The highest BCUT2D eigenvalue weighted by molar-refractivity contribution is 14.3. The van der Waals surface area contributed by atoms with Gasteiger partial charge >= 0.3 is 0 Å².